The maximum atomic E-state index is 11.9. The minimum atomic E-state index is -3.80. The topological polar surface area (TPSA) is 59.0 Å². The molecule has 0 radical (unpaired) electrons. The molecule has 1 rings (SSSR count). The van der Waals surface area contributed by atoms with E-state index in [4.69, 9.17) is 16.3 Å². The minimum absolute atomic E-state index is 0.0504. The number of ether oxygens (including phenoxy) is 1. The molecule has 7 heteroatoms. The molecule has 5 nitrogen and oxygen atoms in total. The Morgan fingerprint density at radius 1 is 1.41 bits per heavy atom. The van der Waals surface area contributed by atoms with Crippen LogP contribution in [0.1, 0.15) is 0 Å². The van der Waals surface area contributed by atoms with Crippen molar-refractivity contribution in [2.75, 3.05) is 21.2 Å². The van der Waals surface area contributed by atoms with Crippen molar-refractivity contribution in [2.24, 2.45) is 4.40 Å². The molecule has 0 N–H and O–H groups in total. The fourth-order valence-corrected chi connectivity index (χ4v) is 2.41. The van der Waals surface area contributed by atoms with Crippen LogP contribution in [0.5, 0.6) is 5.75 Å². The Balaban J connectivity index is 3.27. The molecule has 17 heavy (non-hydrogen) atoms. The maximum Gasteiger partial charge on any atom is 0.287 e. The van der Waals surface area contributed by atoms with Crippen molar-refractivity contribution < 1.29 is 13.2 Å². The number of hydrogen-bond acceptors (Lipinski definition) is 3. The van der Waals surface area contributed by atoms with Crippen molar-refractivity contribution in [3.63, 3.8) is 0 Å². The van der Waals surface area contributed by atoms with Gasteiger partial charge in [0.2, 0.25) is 0 Å². The summed E-state index contributed by atoms with van der Waals surface area (Å²) in [4.78, 5) is 1.47. The van der Waals surface area contributed by atoms with Gasteiger partial charge in [0.05, 0.1) is 7.11 Å². The smallest absolute Gasteiger partial charge is 0.287 e. The summed E-state index contributed by atoms with van der Waals surface area (Å²) >= 11 is 5.76. The van der Waals surface area contributed by atoms with Gasteiger partial charge in [-0.15, -0.1) is 4.40 Å². The molecule has 0 aromatic heterocycles. The van der Waals surface area contributed by atoms with Crippen LogP contribution < -0.4 is 4.74 Å². The summed E-state index contributed by atoms with van der Waals surface area (Å²) in [5, 5.41) is 0.310. The number of benzene rings is 1. The molecule has 0 unspecified atom stereocenters. The molecule has 0 bridgehead atoms. The van der Waals surface area contributed by atoms with Gasteiger partial charge in [0.25, 0.3) is 10.0 Å². The first-order valence-corrected chi connectivity index (χ1v) is 6.49. The molecule has 0 saturated heterocycles. The van der Waals surface area contributed by atoms with Gasteiger partial charge in [-0.05, 0) is 18.2 Å². The third kappa shape index (κ3) is 3.61. The summed E-state index contributed by atoms with van der Waals surface area (Å²) < 4.78 is 32.3. The van der Waals surface area contributed by atoms with Crippen molar-refractivity contribution in [3.05, 3.63) is 23.2 Å². The number of hydrogen-bond donors (Lipinski definition) is 0. The zero-order valence-electron chi connectivity index (χ0n) is 9.71. The monoisotopic (exact) mass is 276 g/mol. The van der Waals surface area contributed by atoms with Gasteiger partial charge in [-0.2, -0.15) is 8.42 Å². The largest absolute Gasteiger partial charge is 0.495 e. The standard InChI is InChI=1S/C10H13ClN2O3S/c1-13(2)7-12-17(14,15)10-6-8(11)4-5-9(10)16-3/h4-7H,1-3H3/b12-7+. The van der Waals surface area contributed by atoms with Crippen LogP contribution in [0.15, 0.2) is 27.5 Å². The summed E-state index contributed by atoms with van der Waals surface area (Å²) in [6, 6.07) is 4.35. The fourth-order valence-electron chi connectivity index (χ4n) is 1.07. The highest BCUT2D eigenvalue weighted by atomic mass is 35.5. The van der Waals surface area contributed by atoms with Crippen LogP contribution in [0, 0.1) is 0 Å². The van der Waals surface area contributed by atoms with E-state index in [1.807, 2.05) is 0 Å². The highest BCUT2D eigenvalue weighted by molar-refractivity contribution is 7.90. The van der Waals surface area contributed by atoms with Crippen molar-refractivity contribution in [3.8, 4) is 5.75 Å². The molecule has 0 saturated carbocycles. The van der Waals surface area contributed by atoms with Gasteiger partial charge < -0.3 is 9.64 Å². The zero-order valence-corrected chi connectivity index (χ0v) is 11.3. The second-order valence-electron chi connectivity index (χ2n) is 3.45. The van der Waals surface area contributed by atoms with E-state index in [9.17, 15) is 8.42 Å². The van der Waals surface area contributed by atoms with E-state index in [1.54, 1.807) is 20.2 Å². The zero-order chi connectivity index (χ0) is 13.1. The number of halogens is 1. The van der Waals surface area contributed by atoms with Crippen molar-refractivity contribution in [2.45, 2.75) is 4.90 Å². The average molecular weight is 277 g/mol. The first-order chi connectivity index (χ1) is 7.86. The van der Waals surface area contributed by atoms with Gasteiger partial charge in [-0.3, -0.25) is 0 Å². The Morgan fingerprint density at radius 2 is 2.06 bits per heavy atom. The van der Waals surface area contributed by atoms with Crippen LogP contribution in [0.2, 0.25) is 5.02 Å². The summed E-state index contributed by atoms with van der Waals surface area (Å²) in [6.45, 7) is 0. The van der Waals surface area contributed by atoms with Crippen LogP contribution in [0.25, 0.3) is 0 Å². The van der Waals surface area contributed by atoms with E-state index in [0.717, 1.165) is 0 Å². The molecule has 94 valence electrons. The van der Waals surface area contributed by atoms with E-state index in [1.165, 1.54) is 30.5 Å². The van der Waals surface area contributed by atoms with Gasteiger partial charge in [-0.1, -0.05) is 11.6 Å². The summed E-state index contributed by atoms with van der Waals surface area (Å²) in [6.07, 6.45) is 1.20. The Bertz CT molecular complexity index is 526. The highest BCUT2D eigenvalue weighted by Gasteiger charge is 2.18. The Labute approximate surface area is 106 Å². The second-order valence-corrected chi connectivity index (χ2v) is 5.49. The Morgan fingerprint density at radius 3 is 2.59 bits per heavy atom. The number of methoxy groups -OCH3 is 1. The van der Waals surface area contributed by atoms with E-state index < -0.39 is 10.0 Å². The predicted molar refractivity (Wildman–Crippen MR) is 67.4 cm³/mol. The molecule has 0 atom stereocenters. The second kappa shape index (κ2) is 5.37. The SMILES string of the molecule is COc1ccc(Cl)cc1S(=O)(=O)/N=C/N(C)C. The number of nitrogens with zero attached hydrogens (tertiary/aromatic N) is 2. The molecule has 0 fully saturated rings. The lowest BCUT2D eigenvalue weighted by Crippen LogP contribution is -2.10. The van der Waals surface area contributed by atoms with E-state index in [-0.39, 0.29) is 10.6 Å². The van der Waals surface area contributed by atoms with Crippen molar-refractivity contribution in [1.29, 1.82) is 0 Å². The Hall–Kier alpha value is -1.27. The minimum Gasteiger partial charge on any atom is -0.495 e. The molecular weight excluding hydrogens is 264 g/mol. The van der Waals surface area contributed by atoms with Crippen LogP contribution >= 0.6 is 11.6 Å². The first-order valence-electron chi connectivity index (χ1n) is 4.67. The van der Waals surface area contributed by atoms with Crippen LogP contribution in [-0.2, 0) is 10.0 Å². The van der Waals surface area contributed by atoms with E-state index in [0.29, 0.717) is 5.02 Å². The summed E-state index contributed by atoms with van der Waals surface area (Å²) in [5.74, 6) is 0.213. The van der Waals surface area contributed by atoms with Crippen molar-refractivity contribution >= 4 is 28.0 Å². The highest BCUT2D eigenvalue weighted by Crippen LogP contribution is 2.28. The predicted octanol–water partition coefficient (Wildman–Crippen LogP) is 1.63. The van der Waals surface area contributed by atoms with Crippen LogP contribution in [-0.4, -0.2) is 40.9 Å². The lowest BCUT2D eigenvalue weighted by molar-refractivity contribution is 0.403. The van der Waals surface area contributed by atoms with Crippen LogP contribution in [0.4, 0.5) is 0 Å². The lowest BCUT2D eigenvalue weighted by atomic mass is 10.3. The average Bonchev–Trinajstić information content (AvgIpc) is 2.26. The summed E-state index contributed by atoms with van der Waals surface area (Å²) in [7, 11) is 0.934. The molecule has 0 aliphatic heterocycles. The van der Waals surface area contributed by atoms with Gasteiger partial charge in [0, 0.05) is 19.1 Å². The normalized spacial score (nSPS) is 11.8. The fraction of sp³-hybridized carbons (Fsp3) is 0.300. The molecule has 0 spiro atoms. The lowest BCUT2D eigenvalue weighted by Gasteiger charge is -2.07. The third-order valence-electron chi connectivity index (χ3n) is 1.82. The van der Waals surface area contributed by atoms with Gasteiger partial charge in [-0.25, -0.2) is 0 Å². The van der Waals surface area contributed by atoms with Gasteiger partial charge in [0.15, 0.2) is 0 Å². The molecule has 0 aliphatic rings. The van der Waals surface area contributed by atoms with E-state index >= 15 is 0 Å². The Kier molecular flexibility index (Phi) is 4.36. The van der Waals surface area contributed by atoms with Crippen molar-refractivity contribution in [1.82, 2.24) is 4.90 Å². The van der Waals surface area contributed by atoms with Crippen LogP contribution in [0.3, 0.4) is 0 Å². The quantitative estimate of drug-likeness (QED) is 0.619. The van der Waals surface area contributed by atoms with Gasteiger partial charge >= 0.3 is 0 Å². The summed E-state index contributed by atoms with van der Waals surface area (Å²) in [5.41, 5.74) is 0. The number of sulfonamides is 1. The molecular formula is C10H13ClN2O3S. The molecule has 1 aromatic rings. The molecule has 1 aromatic carbocycles. The third-order valence-corrected chi connectivity index (χ3v) is 3.30. The van der Waals surface area contributed by atoms with Gasteiger partial charge in [0.1, 0.15) is 17.0 Å². The molecule has 0 heterocycles. The molecule has 0 aliphatic carbocycles. The maximum absolute atomic E-state index is 11.9. The first kappa shape index (κ1) is 13.8. The number of rotatable bonds is 4. The molecule has 0 amide bonds. The van der Waals surface area contributed by atoms with E-state index in [2.05, 4.69) is 4.40 Å².